The van der Waals surface area contributed by atoms with Gasteiger partial charge in [-0.3, -0.25) is 0 Å². The SMILES string of the molecule is OC1CCCc2cc(OCc3cc(Cl)ccc3F)ccc21. The molecule has 1 unspecified atom stereocenters. The molecule has 0 saturated carbocycles. The van der Waals surface area contributed by atoms with E-state index in [-0.39, 0.29) is 18.5 Å². The van der Waals surface area contributed by atoms with Gasteiger partial charge in [-0.05, 0) is 60.7 Å². The molecule has 1 atom stereocenters. The minimum atomic E-state index is -0.381. The summed E-state index contributed by atoms with van der Waals surface area (Å²) in [6.07, 6.45) is 2.34. The molecule has 0 bridgehead atoms. The van der Waals surface area contributed by atoms with Crippen molar-refractivity contribution < 1.29 is 14.2 Å². The molecule has 0 aliphatic heterocycles. The summed E-state index contributed by atoms with van der Waals surface area (Å²) >= 11 is 5.86. The number of halogens is 2. The highest BCUT2D eigenvalue weighted by Gasteiger charge is 2.18. The second-order valence-corrected chi connectivity index (χ2v) is 5.73. The van der Waals surface area contributed by atoms with Gasteiger partial charge in [0.1, 0.15) is 18.2 Å². The van der Waals surface area contributed by atoms with Crippen LogP contribution in [0.2, 0.25) is 5.02 Å². The van der Waals surface area contributed by atoms with E-state index in [1.807, 2.05) is 18.2 Å². The number of aliphatic hydroxyl groups excluding tert-OH is 1. The van der Waals surface area contributed by atoms with Crippen molar-refractivity contribution in [2.45, 2.75) is 32.0 Å². The van der Waals surface area contributed by atoms with Crippen LogP contribution >= 0.6 is 11.6 Å². The second kappa shape index (κ2) is 6.04. The maximum Gasteiger partial charge on any atom is 0.129 e. The number of ether oxygens (including phenoxy) is 1. The standard InChI is InChI=1S/C17H16ClFO2/c18-13-4-7-16(19)12(8-13)10-21-14-5-6-15-11(9-14)2-1-3-17(15)20/h4-9,17,20H,1-3,10H2. The number of benzene rings is 2. The maximum atomic E-state index is 13.6. The van der Waals surface area contributed by atoms with Gasteiger partial charge in [-0.15, -0.1) is 0 Å². The fourth-order valence-electron chi connectivity index (χ4n) is 2.67. The fourth-order valence-corrected chi connectivity index (χ4v) is 2.86. The molecule has 1 aliphatic rings. The number of aliphatic hydroxyl groups is 1. The van der Waals surface area contributed by atoms with E-state index in [2.05, 4.69) is 0 Å². The van der Waals surface area contributed by atoms with Crippen molar-refractivity contribution in [1.82, 2.24) is 0 Å². The predicted octanol–water partition coefficient (Wildman–Crippen LogP) is 4.43. The lowest BCUT2D eigenvalue weighted by Crippen LogP contribution is -2.09. The average molecular weight is 307 g/mol. The molecule has 2 nitrogen and oxygen atoms in total. The smallest absolute Gasteiger partial charge is 0.129 e. The van der Waals surface area contributed by atoms with Gasteiger partial charge in [0.05, 0.1) is 6.10 Å². The molecule has 0 radical (unpaired) electrons. The molecule has 0 spiro atoms. The highest BCUT2D eigenvalue weighted by Crippen LogP contribution is 2.32. The first-order valence-corrected chi connectivity index (χ1v) is 7.39. The molecule has 0 aromatic heterocycles. The first-order chi connectivity index (χ1) is 10.1. The van der Waals surface area contributed by atoms with E-state index in [4.69, 9.17) is 16.3 Å². The van der Waals surface area contributed by atoms with Gasteiger partial charge in [0.25, 0.3) is 0 Å². The molecule has 2 aromatic rings. The van der Waals surface area contributed by atoms with E-state index in [0.29, 0.717) is 16.3 Å². The Hall–Kier alpha value is -1.58. The minimum Gasteiger partial charge on any atom is -0.489 e. The van der Waals surface area contributed by atoms with E-state index in [0.717, 1.165) is 30.4 Å². The van der Waals surface area contributed by atoms with Crippen molar-refractivity contribution in [3.05, 3.63) is 63.9 Å². The van der Waals surface area contributed by atoms with Gasteiger partial charge in [0, 0.05) is 10.6 Å². The molecule has 21 heavy (non-hydrogen) atoms. The number of hydrogen-bond donors (Lipinski definition) is 1. The Morgan fingerprint density at radius 1 is 1.24 bits per heavy atom. The summed E-state index contributed by atoms with van der Waals surface area (Å²) in [5, 5.41) is 10.4. The monoisotopic (exact) mass is 306 g/mol. The predicted molar refractivity (Wildman–Crippen MR) is 80.1 cm³/mol. The second-order valence-electron chi connectivity index (χ2n) is 5.29. The molecule has 0 fully saturated rings. The largest absolute Gasteiger partial charge is 0.489 e. The zero-order valence-electron chi connectivity index (χ0n) is 11.5. The van der Waals surface area contributed by atoms with Crippen LogP contribution in [0, 0.1) is 5.82 Å². The van der Waals surface area contributed by atoms with Crippen LogP contribution in [0.3, 0.4) is 0 Å². The summed E-state index contributed by atoms with van der Waals surface area (Å²) in [5.41, 5.74) is 2.51. The lowest BCUT2D eigenvalue weighted by atomic mass is 9.89. The number of rotatable bonds is 3. The third-order valence-corrected chi connectivity index (χ3v) is 4.03. The van der Waals surface area contributed by atoms with Gasteiger partial charge in [0.2, 0.25) is 0 Å². The topological polar surface area (TPSA) is 29.5 Å². The van der Waals surface area contributed by atoms with Gasteiger partial charge >= 0.3 is 0 Å². The Kier molecular flexibility index (Phi) is 4.13. The van der Waals surface area contributed by atoms with E-state index < -0.39 is 0 Å². The first kappa shape index (κ1) is 14.4. The fraction of sp³-hybridized carbons (Fsp3) is 0.294. The third kappa shape index (κ3) is 3.20. The molecule has 0 heterocycles. The average Bonchev–Trinajstić information content (AvgIpc) is 2.48. The summed E-state index contributed by atoms with van der Waals surface area (Å²) in [4.78, 5) is 0. The van der Waals surface area contributed by atoms with Crippen molar-refractivity contribution >= 4 is 11.6 Å². The van der Waals surface area contributed by atoms with E-state index in [1.165, 1.54) is 12.1 Å². The van der Waals surface area contributed by atoms with E-state index >= 15 is 0 Å². The molecule has 3 rings (SSSR count). The van der Waals surface area contributed by atoms with Crippen LogP contribution in [0.5, 0.6) is 5.75 Å². The van der Waals surface area contributed by atoms with Crippen molar-refractivity contribution in [2.24, 2.45) is 0 Å². The van der Waals surface area contributed by atoms with E-state index in [9.17, 15) is 9.50 Å². The van der Waals surface area contributed by atoms with Crippen molar-refractivity contribution in [3.63, 3.8) is 0 Å². The summed E-state index contributed by atoms with van der Waals surface area (Å²) in [5.74, 6) is 0.356. The Bertz CT molecular complexity index is 657. The zero-order chi connectivity index (χ0) is 14.8. The van der Waals surface area contributed by atoms with Crippen LogP contribution in [-0.4, -0.2) is 5.11 Å². The molecule has 4 heteroatoms. The van der Waals surface area contributed by atoms with E-state index in [1.54, 1.807) is 6.07 Å². The van der Waals surface area contributed by atoms with Crippen molar-refractivity contribution in [2.75, 3.05) is 0 Å². The molecule has 110 valence electrons. The molecule has 0 amide bonds. The Labute approximate surface area is 128 Å². The van der Waals surface area contributed by atoms with Crippen LogP contribution in [0.1, 0.15) is 35.6 Å². The Balaban J connectivity index is 1.75. The quantitative estimate of drug-likeness (QED) is 0.909. The van der Waals surface area contributed by atoms with Gasteiger partial charge in [-0.2, -0.15) is 0 Å². The van der Waals surface area contributed by atoms with Crippen molar-refractivity contribution in [1.29, 1.82) is 0 Å². The molecule has 2 aromatic carbocycles. The summed E-state index contributed by atoms with van der Waals surface area (Å²) in [6.45, 7) is 0.133. The summed E-state index contributed by atoms with van der Waals surface area (Å²) < 4.78 is 19.3. The molecule has 1 aliphatic carbocycles. The summed E-state index contributed by atoms with van der Waals surface area (Å²) in [7, 11) is 0. The van der Waals surface area contributed by atoms with Gasteiger partial charge in [-0.25, -0.2) is 4.39 Å². The Morgan fingerprint density at radius 3 is 2.95 bits per heavy atom. The highest BCUT2D eigenvalue weighted by molar-refractivity contribution is 6.30. The maximum absolute atomic E-state index is 13.6. The van der Waals surface area contributed by atoms with Crippen LogP contribution in [0.4, 0.5) is 4.39 Å². The van der Waals surface area contributed by atoms with Crippen LogP contribution in [-0.2, 0) is 13.0 Å². The van der Waals surface area contributed by atoms with Gasteiger partial charge < -0.3 is 9.84 Å². The molecular weight excluding hydrogens is 291 g/mol. The van der Waals surface area contributed by atoms with Crippen molar-refractivity contribution in [3.8, 4) is 5.75 Å². The molecule has 1 N–H and O–H groups in total. The highest BCUT2D eigenvalue weighted by atomic mass is 35.5. The van der Waals surface area contributed by atoms with Crippen LogP contribution in [0.15, 0.2) is 36.4 Å². The number of hydrogen-bond acceptors (Lipinski definition) is 2. The Morgan fingerprint density at radius 2 is 2.10 bits per heavy atom. The minimum absolute atomic E-state index is 0.133. The number of aryl methyl sites for hydroxylation is 1. The molecule has 0 saturated heterocycles. The normalized spacial score (nSPS) is 17.4. The lowest BCUT2D eigenvalue weighted by Gasteiger charge is -2.21. The summed E-state index contributed by atoms with van der Waals surface area (Å²) in [6, 6.07) is 10.1. The number of fused-ring (bicyclic) bond motifs is 1. The van der Waals surface area contributed by atoms with Gasteiger partial charge in [0.15, 0.2) is 0 Å². The molecular formula is C17H16ClFO2. The zero-order valence-corrected chi connectivity index (χ0v) is 12.2. The third-order valence-electron chi connectivity index (χ3n) is 3.80. The first-order valence-electron chi connectivity index (χ1n) is 7.01. The van der Waals surface area contributed by atoms with Crippen LogP contribution in [0.25, 0.3) is 0 Å². The van der Waals surface area contributed by atoms with Gasteiger partial charge in [-0.1, -0.05) is 17.7 Å². The van der Waals surface area contributed by atoms with Crippen LogP contribution < -0.4 is 4.74 Å². The lowest BCUT2D eigenvalue weighted by molar-refractivity contribution is 0.156.